The molecule has 1 N–H and O–H groups in total. The van der Waals surface area contributed by atoms with Crippen molar-refractivity contribution in [3.8, 4) is 0 Å². The summed E-state index contributed by atoms with van der Waals surface area (Å²) in [7, 11) is -4.28. The van der Waals surface area contributed by atoms with Crippen LogP contribution in [0.4, 0.5) is 0 Å². The zero-order chi connectivity index (χ0) is 43.9. The molecule has 356 valence electrons. The largest absolute Gasteiger partial charge is 0.472 e. The van der Waals surface area contributed by atoms with Gasteiger partial charge in [-0.15, -0.1) is 0 Å². The minimum atomic E-state index is -4.28. The minimum Gasteiger partial charge on any atom is -0.462 e. The second-order valence-electron chi connectivity index (χ2n) is 17.5. The van der Waals surface area contributed by atoms with Crippen LogP contribution in [0, 0.1) is 0 Å². The lowest BCUT2D eigenvalue weighted by atomic mass is 10.0. The average molecular weight is 871 g/mol. The molecule has 0 saturated heterocycles. The lowest BCUT2D eigenvalue weighted by Crippen LogP contribution is -2.29. The third kappa shape index (κ3) is 46.3. The molecule has 0 aliphatic heterocycles. The molecule has 0 fully saturated rings. The van der Waals surface area contributed by atoms with Gasteiger partial charge in [-0.1, -0.05) is 231 Å². The number of phosphoric acid groups is 1. The van der Waals surface area contributed by atoms with Crippen LogP contribution >= 0.6 is 7.82 Å². The van der Waals surface area contributed by atoms with Gasteiger partial charge < -0.3 is 14.4 Å². The summed E-state index contributed by atoms with van der Waals surface area (Å²) in [6.07, 6.45) is 52.7. The molecule has 0 aromatic heterocycles. The lowest BCUT2D eigenvalue weighted by Gasteiger charge is -2.19. The summed E-state index contributed by atoms with van der Waals surface area (Å²) in [5.74, 6) is -0.782. The fourth-order valence-corrected chi connectivity index (χ4v) is 8.50. The summed E-state index contributed by atoms with van der Waals surface area (Å²) in [6, 6.07) is 0. The number of carbonyl (C=O) groups is 2. The molecule has 0 rings (SSSR count). The predicted molar refractivity (Wildman–Crippen MR) is 253 cm³/mol. The monoisotopic (exact) mass is 871 g/mol. The first-order valence-electron chi connectivity index (χ1n) is 26.0. The van der Waals surface area contributed by atoms with E-state index in [9.17, 15) is 19.0 Å². The maximum Gasteiger partial charge on any atom is 0.472 e. The Labute approximate surface area is 371 Å². The van der Waals surface area contributed by atoms with Crippen LogP contribution in [-0.2, 0) is 32.7 Å². The average Bonchev–Trinajstić information content (AvgIpc) is 3.23. The van der Waals surface area contributed by atoms with E-state index in [1.165, 1.54) is 205 Å². The number of unbranched alkanes of at least 4 members (excludes halogenated alkanes) is 35. The molecule has 0 heterocycles. The molecule has 2 unspecified atom stereocenters. The van der Waals surface area contributed by atoms with E-state index in [-0.39, 0.29) is 32.2 Å². The van der Waals surface area contributed by atoms with Crippen molar-refractivity contribution in [1.82, 2.24) is 0 Å². The van der Waals surface area contributed by atoms with Crippen molar-refractivity contribution in [1.29, 1.82) is 0 Å². The standard InChI is InChI=1S/C51H99O8P/c1-4-7-9-11-13-15-17-19-21-23-25-26-28-30-32-34-36-38-40-42-44-46-51(53)59-49(48-58-60(54,55)57-6-3)47-56-50(52)45-43-41-39-37-35-33-31-29-27-24-22-20-18-16-14-12-10-8-5-2/h23,25,49H,4-22,24,26-48H2,1-3H3,(H,54,55)/b25-23-. The van der Waals surface area contributed by atoms with Gasteiger partial charge in [0.25, 0.3) is 0 Å². The van der Waals surface area contributed by atoms with E-state index in [1.807, 2.05) is 0 Å². The van der Waals surface area contributed by atoms with Gasteiger partial charge in [0.05, 0.1) is 13.2 Å². The molecule has 60 heavy (non-hydrogen) atoms. The zero-order valence-electron chi connectivity index (χ0n) is 39.9. The van der Waals surface area contributed by atoms with Gasteiger partial charge in [-0.3, -0.25) is 18.6 Å². The molecule has 0 radical (unpaired) electrons. The number of allylic oxidation sites excluding steroid dienone is 2. The summed E-state index contributed by atoms with van der Waals surface area (Å²) in [4.78, 5) is 34.9. The van der Waals surface area contributed by atoms with E-state index in [4.69, 9.17) is 18.5 Å². The van der Waals surface area contributed by atoms with E-state index < -0.39 is 19.9 Å². The molecular weight excluding hydrogens is 772 g/mol. The molecule has 0 bridgehead atoms. The summed E-state index contributed by atoms with van der Waals surface area (Å²) in [5.41, 5.74) is 0. The number of carbonyl (C=O) groups excluding carboxylic acids is 2. The van der Waals surface area contributed by atoms with Gasteiger partial charge in [-0.05, 0) is 45.4 Å². The summed E-state index contributed by atoms with van der Waals surface area (Å²) >= 11 is 0. The van der Waals surface area contributed by atoms with Crippen molar-refractivity contribution in [3.63, 3.8) is 0 Å². The van der Waals surface area contributed by atoms with Crippen LogP contribution in [0.2, 0.25) is 0 Å². The first-order valence-corrected chi connectivity index (χ1v) is 27.5. The molecule has 0 saturated carbocycles. The zero-order valence-corrected chi connectivity index (χ0v) is 40.8. The van der Waals surface area contributed by atoms with Crippen LogP contribution in [-0.4, -0.2) is 42.8 Å². The number of hydrogen-bond donors (Lipinski definition) is 1. The molecule has 0 aromatic carbocycles. The summed E-state index contributed by atoms with van der Waals surface area (Å²) in [5, 5.41) is 0. The maximum absolute atomic E-state index is 12.6. The minimum absolute atomic E-state index is 0.00370. The first-order chi connectivity index (χ1) is 29.3. The normalized spacial score (nSPS) is 13.2. The molecular formula is C51H99O8P. The van der Waals surface area contributed by atoms with Gasteiger partial charge in [0, 0.05) is 12.8 Å². The van der Waals surface area contributed by atoms with Crippen molar-refractivity contribution >= 4 is 19.8 Å². The molecule has 0 amide bonds. The van der Waals surface area contributed by atoms with Crippen LogP contribution in [0.15, 0.2) is 12.2 Å². The second-order valence-corrected chi connectivity index (χ2v) is 19.0. The fraction of sp³-hybridized carbons (Fsp3) is 0.922. The van der Waals surface area contributed by atoms with Gasteiger partial charge in [0.15, 0.2) is 6.10 Å². The van der Waals surface area contributed by atoms with Crippen LogP contribution in [0.3, 0.4) is 0 Å². The molecule has 0 aliphatic carbocycles. The Morgan fingerprint density at radius 3 is 1.10 bits per heavy atom. The first kappa shape index (κ1) is 58.8. The number of phosphoric ester groups is 1. The fourth-order valence-electron chi connectivity index (χ4n) is 7.75. The van der Waals surface area contributed by atoms with Gasteiger partial charge in [-0.25, -0.2) is 4.57 Å². The third-order valence-electron chi connectivity index (χ3n) is 11.6. The smallest absolute Gasteiger partial charge is 0.462 e. The molecule has 8 nitrogen and oxygen atoms in total. The Balaban J connectivity index is 3.94. The SMILES string of the molecule is CCCCCCCCCC/C=C\CCCCCCCCCCCC(=O)OC(COC(=O)CCCCCCCCCCCCCCCCCCCCC)COP(=O)(O)OCC. The topological polar surface area (TPSA) is 108 Å². The summed E-state index contributed by atoms with van der Waals surface area (Å²) in [6.45, 7) is 5.54. The molecule has 0 spiro atoms. The number of ether oxygens (including phenoxy) is 2. The Kier molecular flexibility index (Phi) is 46.3. The van der Waals surface area contributed by atoms with Crippen LogP contribution in [0.5, 0.6) is 0 Å². The Hall–Kier alpha value is -1.21. The van der Waals surface area contributed by atoms with E-state index in [0.29, 0.717) is 12.8 Å². The van der Waals surface area contributed by atoms with Gasteiger partial charge >= 0.3 is 19.8 Å². The number of esters is 2. The van der Waals surface area contributed by atoms with Crippen LogP contribution in [0.1, 0.15) is 278 Å². The maximum atomic E-state index is 12.6. The molecule has 9 heteroatoms. The highest BCUT2D eigenvalue weighted by Gasteiger charge is 2.25. The van der Waals surface area contributed by atoms with Crippen molar-refractivity contribution in [2.45, 2.75) is 284 Å². The Bertz CT molecular complexity index is 988. The van der Waals surface area contributed by atoms with Crippen molar-refractivity contribution in [2.75, 3.05) is 19.8 Å². The predicted octanol–water partition coefficient (Wildman–Crippen LogP) is 16.8. The van der Waals surface area contributed by atoms with E-state index in [0.717, 1.165) is 32.1 Å². The highest BCUT2D eigenvalue weighted by atomic mass is 31.2. The van der Waals surface area contributed by atoms with Crippen molar-refractivity contribution in [3.05, 3.63) is 12.2 Å². The Morgan fingerprint density at radius 2 is 0.750 bits per heavy atom. The van der Waals surface area contributed by atoms with Gasteiger partial charge in [0.1, 0.15) is 6.61 Å². The lowest BCUT2D eigenvalue weighted by molar-refractivity contribution is -0.161. The number of hydrogen-bond acceptors (Lipinski definition) is 7. The number of rotatable bonds is 49. The van der Waals surface area contributed by atoms with Crippen molar-refractivity contribution in [2.24, 2.45) is 0 Å². The highest BCUT2D eigenvalue weighted by molar-refractivity contribution is 7.47. The van der Waals surface area contributed by atoms with E-state index in [2.05, 4.69) is 26.0 Å². The van der Waals surface area contributed by atoms with E-state index >= 15 is 0 Å². The highest BCUT2D eigenvalue weighted by Crippen LogP contribution is 2.43. The summed E-state index contributed by atoms with van der Waals surface area (Å²) < 4.78 is 32.8. The molecule has 0 aromatic rings. The Morgan fingerprint density at radius 1 is 0.433 bits per heavy atom. The molecule has 2 atom stereocenters. The van der Waals surface area contributed by atoms with Gasteiger partial charge in [-0.2, -0.15) is 0 Å². The van der Waals surface area contributed by atoms with E-state index in [1.54, 1.807) is 6.92 Å². The van der Waals surface area contributed by atoms with Gasteiger partial charge in [0.2, 0.25) is 0 Å². The molecule has 0 aliphatic rings. The second kappa shape index (κ2) is 47.3. The third-order valence-corrected chi connectivity index (χ3v) is 12.6. The quantitative estimate of drug-likeness (QED) is 0.0279. The van der Waals surface area contributed by atoms with Crippen LogP contribution < -0.4 is 0 Å². The van der Waals surface area contributed by atoms with Crippen LogP contribution in [0.25, 0.3) is 0 Å². The van der Waals surface area contributed by atoms with Crippen molar-refractivity contribution < 1.29 is 37.6 Å².